The summed E-state index contributed by atoms with van der Waals surface area (Å²) >= 11 is 0. The zero-order valence-electron chi connectivity index (χ0n) is 8.57. The molecule has 0 saturated heterocycles. The first-order valence-corrected chi connectivity index (χ1v) is 5.12. The Balaban J connectivity index is 2.53. The average Bonchev–Trinajstić information content (AvgIpc) is 2.21. The minimum Gasteiger partial charge on any atom is -0.404 e. The number of aliphatic imine (C=N–C) groups is 1. The summed E-state index contributed by atoms with van der Waals surface area (Å²) in [6.07, 6.45) is 6.20. The molecule has 0 aliphatic heterocycles. The highest BCUT2D eigenvalue weighted by atomic mass is 19.3. The normalized spacial score (nSPS) is 28.9. The van der Waals surface area contributed by atoms with Crippen molar-refractivity contribution in [2.24, 2.45) is 22.4 Å². The van der Waals surface area contributed by atoms with E-state index in [4.69, 9.17) is 11.5 Å². The molecule has 0 atom stereocenters. The van der Waals surface area contributed by atoms with Gasteiger partial charge in [0.2, 0.25) is 0 Å². The summed E-state index contributed by atoms with van der Waals surface area (Å²) < 4.78 is 23.7. The van der Waals surface area contributed by atoms with Crippen molar-refractivity contribution in [2.75, 3.05) is 0 Å². The van der Waals surface area contributed by atoms with Crippen LogP contribution >= 0.6 is 0 Å². The molecule has 1 rings (SSSR count). The van der Waals surface area contributed by atoms with Crippen LogP contribution in [-0.2, 0) is 0 Å². The molecule has 1 saturated carbocycles. The predicted molar refractivity (Wildman–Crippen MR) is 56.7 cm³/mol. The van der Waals surface area contributed by atoms with Gasteiger partial charge in [-0.05, 0) is 43.4 Å². The fourth-order valence-corrected chi connectivity index (χ4v) is 1.88. The molecular weight excluding hydrogens is 200 g/mol. The Hall–Kier alpha value is -0.970. The first-order valence-electron chi connectivity index (χ1n) is 5.12. The second-order valence-corrected chi connectivity index (χ2v) is 3.83. The largest absolute Gasteiger partial charge is 0.404 e. The molecule has 0 bridgehead atoms. The van der Waals surface area contributed by atoms with Crippen LogP contribution in [0.5, 0.6) is 0 Å². The van der Waals surface area contributed by atoms with E-state index in [0.29, 0.717) is 5.57 Å². The molecular formula is C10H17F2N3. The Morgan fingerprint density at radius 1 is 1.27 bits per heavy atom. The monoisotopic (exact) mass is 217 g/mol. The molecule has 0 spiro atoms. The fourth-order valence-electron chi connectivity index (χ4n) is 1.88. The van der Waals surface area contributed by atoms with E-state index >= 15 is 0 Å². The first-order chi connectivity index (χ1) is 7.13. The molecule has 0 amide bonds. The number of alkyl halides is 2. The summed E-state index contributed by atoms with van der Waals surface area (Å²) in [6.45, 7) is -2.66. The summed E-state index contributed by atoms with van der Waals surface area (Å²) in [5, 5.41) is 0. The Labute approximate surface area is 88.2 Å². The molecule has 1 aliphatic rings. The van der Waals surface area contributed by atoms with Gasteiger partial charge in [0.1, 0.15) is 0 Å². The molecule has 4 N–H and O–H groups in total. The molecule has 0 heterocycles. The average molecular weight is 217 g/mol. The van der Waals surface area contributed by atoms with Crippen LogP contribution in [0.25, 0.3) is 0 Å². The van der Waals surface area contributed by atoms with Crippen molar-refractivity contribution in [3.05, 3.63) is 11.8 Å². The summed E-state index contributed by atoms with van der Waals surface area (Å²) in [7, 11) is 0. The second kappa shape index (κ2) is 5.80. The number of allylic oxidation sites excluding steroid dienone is 1. The predicted octanol–water partition coefficient (Wildman–Crippen LogP) is 1.64. The molecule has 15 heavy (non-hydrogen) atoms. The second-order valence-electron chi connectivity index (χ2n) is 3.83. The van der Waals surface area contributed by atoms with E-state index < -0.39 is 6.55 Å². The summed E-state index contributed by atoms with van der Waals surface area (Å²) in [5.41, 5.74) is 11.8. The standard InChI is InChI=1S/C10H17F2N3/c11-10(12)15-6-8(5-13)7-1-3-9(14)4-2-7/h5-7,9-10H,1-4,13-14H2/b8-5+,15-6+. The van der Waals surface area contributed by atoms with Gasteiger partial charge >= 0.3 is 6.55 Å². The van der Waals surface area contributed by atoms with Gasteiger partial charge in [-0.15, -0.1) is 0 Å². The lowest BCUT2D eigenvalue weighted by atomic mass is 9.82. The van der Waals surface area contributed by atoms with Crippen LogP contribution < -0.4 is 11.5 Å². The van der Waals surface area contributed by atoms with Gasteiger partial charge < -0.3 is 11.5 Å². The SMILES string of the molecule is N/C=C(\C=N\C(F)F)C1CCC(N)CC1. The number of nitrogens with zero attached hydrogens (tertiary/aromatic N) is 1. The van der Waals surface area contributed by atoms with Gasteiger partial charge in [0.05, 0.1) is 0 Å². The van der Waals surface area contributed by atoms with Gasteiger partial charge in [-0.3, -0.25) is 0 Å². The molecule has 0 aromatic rings. The van der Waals surface area contributed by atoms with E-state index in [1.54, 1.807) is 0 Å². The molecule has 86 valence electrons. The zero-order chi connectivity index (χ0) is 11.3. The van der Waals surface area contributed by atoms with Crippen molar-refractivity contribution in [1.29, 1.82) is 0 Å². The third-order valence-electron chi connectivity index (χ3n) is 2.77. The van der Waals surface area contributed by atoms with Gasteiger partial charge in [-0.2, -0.15) is 8.78 Å². The molecule has 3 nitrogen and oxygen atoms in total. The van der Waals surface area contributed by atoms with Gasteiger partial charge in [0.25, 0.3) is 0 Å². The Kier molecular flexibility index (Phi) is 4.68. The molecule has 0 radical (unpaired) electrons. The van der Waals surface area contributed by atoms with E-state index in [2.05, 4.69) is 4.99 Å². The van der Waals surface area contributed by atoms with Gasteiger partial charge in [0.15, 0.2) is 0 Å². The van der Waals surface area contributed by atoms with Crippen molar-refractivity contribution in [3.8, 4) is 0 Å². The smallest absolute Gasteiger partial charge is 0.331 e. The summed E-state index contributed by atoms with van der Waals surface area (Å²) in [5.74, 6) is 0.234. The van der Waals surface area contributed by atoms with Gasteiger partial charge in [0, 0.05) is 12.3 Å². The summed E-state index contributed by atoms with van der Waals surface area (Å²) in [6, 6.07) is 0.243. The minimum absolute atomic E-state index is 0.234. The lowest BCUT2D eigenvalue weighted by Gasteiger charge is -2.26. The van der Waals surface area contributed by atoms with Gasteiger partial charge in [-0.1, -0.05) is 0 Å². The molecule has 1 fully saturated rings. The van der Waals surface area contributed by atoms with Crippen LogP contribution in [0.15, 0.2) is 16.8 Å². The number of hydrogen-bond acceptors (Lipinski definition) is 3. The molecule has 1 aliphatic carbocycles. The third-order valence-corrected chi connectivity index (χ3v) is 2.77. The van der Waals surface area contributed by atoms with Crippen molar-refractivity contribution < 1.29 is 8.78 Å². The van der Waals surface area contributed by atoms with E-state index in [0.717, 1.165) is 25.7 Å². The fraction of sp³-hybridized carbons (Fsp3) is 0.700. The van der Waals surface area contributed by atoms with Crippen LogP contribution in [0.4, 0.5) is 8.78 Å². The van der Waals surface area contributed by atoms with Crippen molar-refractivity contribution in [1.82, 2.24) is 0 Å². The Morgan fingerprint density at radius 3 is 2.33 bits per heavy atom. The maximum absolute atomic E-state index is 11.9. The highest BCUT2D eigenvalue weighted by Gasteiger charge is 2.20. The molecule has 0 aromatic carbocycles. The van der Waals surface area contributed by atoms with Crippen molar-refractivity contribution in [2.45, 2.75) is 38.3 Å². The first kappa shape index (κ1) is 12.1. The summed E-state index contributed by atoms with van der Waals surface area (Å²) in [4.78, 5) is 3.05. The molecule has 0 aromatic heterocycles. The van der Waals surface area contributed by atoms with Crippen LogP contribution in [0, 0.1) is 5.92 Å². The highest BCUT2D eigenvalue weighted by molar-refractivity contribution is 5.79. The lowest BCUT2D eigenvalue weighted by Crippen LogP contribution is -2.27. The Morgan fingerprint density at radius 2 is 1.87 bits per heavy atom. The van der Waals surface area contributed by atoms with E-state index in [1.165, 1.54) is 12.4 Å². The van der Waals surface area contributed by atoms with Crippen molar-refractivity contribution in [3.63, 3.8) is 0 Å². The number of halogens is 2. The Bertz CT molecular complexity index is 243. The van der Waals surface area contributed by atoms with Gasteiger partial charge in [-0.25, -0.2) is 4.99 Å². The maximum atomic E-state index is 11.9. The number of rotatable bonds is 3. The van der Waals surface area contributed by atoms with E-state index in [9.17, 15) is 8.78 Å². The topological polar surface area (TPSA) is 64.4 Å². The zero-order valence-corrected chi connectivity index (χ0v) is 8.57. The van der Waals surface area contributed by atoms with Crippen LogP contribution in [0.1, 0.15) is 25.7 Å². The maximum Gasteiger partial charge on any atom is 0.331 e. The van der Waals surface area contributed by atoms with Crippen LogP contribution in [-0.4, -0.2) is 18.8 Å². The lowest BCUT2D eigenvalue weighted by molar-refractivity contribution is 0.160. The minimum atomic E-state index is -2.66. The van der Waals surface area contributed by atoms with Crippen molar-refractivity contribution >= 4 is 6.21 Å². The number of hydrogen-bond donors (Lipinski definition) is 2. The molecule has 0 unspecified atom stereocenters. The van der Waals surface area contributed by atoms with Crippen LogP contribution in [0.3, 0.4) is 0 Å². The molecule has 5 heteroatoms. The number of nitrogens with two attached hydrogens (primary N) is 2. The highest BCUT2D eigenvalue weighted by Crippen LogP contribution is 2.28. The van der Waals surface area contributed by atoms with Crippen LogP contribution in [0.2, 0.25) is 0 Å². The van der Waals surface area contributed by atoms with E-state index in [-0.39, 0.29) is 12.0 Å². The third kappa shape index (κ3) is 3.95. The quantitative estimate of drug-likeness (QED) is 0.557. The van der Waals surface area contributed by atoms with E-state index in [1.807, 2.05) is 0 Å².